The van der Waals surface area contributed by atoms with Crippen molar-refractivity contribution in [2.75, 3.05) is 5.32 Å². The lowest BCUT2D eigenvalue weighted by atomic mass is 10.1. The predicted octanol–water partition coefficient (Wildman–Crippen LogP) is 4.14. The molecule has 152 valence electrons. The maximum absolute atomic E-state index is 12.2. The molecule has 0 aliphatic rings. The van der Waals surface area contributed by atoms with E-state index >= 15 is 0 Å². The third kappa shape index (κ3) is 5.76. The summed E-state index contributed by atoms with van der Waals surface area (Å²) in [5.41, 5.74) is 1.53. The summed E-state index contributed by atoms with van der Waals surface area (Å²) in [5.74, 6) is -0.222. The van der Waals surface area contributed by atoms with Crippen LogP contribution in [0.25, 0.3) is 6.08 Å². The first-order chi connectivity index (χ1) is 14.3. The van der Waals surface area contributed by atoms with Gasteiger partial charge in [-0.15, -0.1) is 0 Å². The molecule has 30 heavy (non-hydrogen) atoms. The molecule has 2 N–H and O–H groups in total. The van der Waals surface area contributed by atoms with Gasteiger partial charge >= 0.3 is 6.03 Å². The number of halogens is 1. The van der Waals surface area contributed by atoms with E-state index in [2.05, 4.69) is 10.3 Å². The summed E-state index contributed by atoms with van der Waals surface area (Å²) in [4.78, 5) is 28.1. The van der Waals surface area contributed by atoms with Crippen molar-refractivity contribution in [2.45, 2.75) is 4.90 Å². The minimum absolute atomic E-state index is 0.0941. The van der Waals surface area contributed by atoms with Crippen LogP contribution in [-0.2, 0) is 10.0 Å². The Kier molecular flexibility index (Phi) is 6.61. The Morgan fingerprint density at radius 2 is 1.67 bits per heavy atom. The van der Waals surface area contributed by atoms with Crippen molar-refractivity contribution < 1.29 is 18.0 Å². The maximum atomic E-state index is 12.2. The number of sulfonamides is 1. The van der Waals surface area contributed by atoms with E-state index in [1.165, 1.54) is 54.6 Å². The zero-order valence-electron chi connectivity index (χ0n) is 15.4. The smallest absolute Gasteiger partial charge is 0.307 e. The second-order valence-corrected chi connectivity index (χ2v) is 8.19. The summed E-state index contributed by atoms with van der Waals surface area (Å²) in [5, 5.41) is 2.79. The van der Waals surface area contributed by atoms with Gasteiger partial charge in [0, 0.05) is 28.7 Å². The minimum atomic E-state index is -4.04. The number of pyridine rings is 1. The highest BCUT2D eigenvalue weighted by atomic mass is 35.5. The van der Waals surface area contributed by atoms with Gasteiger partial charge in [-0.05, 0) is 72.3 Å². The van der Waals surface area contributed by atoms with E-state index in [0.717, 1.165) is 5.56 Å². The second-order valence-electron chi connectivity index (χ2n) is 6.07. The number of carbonyl (C=O) groups is 2. The maximum Gasteiger partial charge on any atom is 0.333 e. The number of benzene rings is 2. The van der Waals surface area contributed by atoms with E-state index in [4.69, 9.17) is 11.6 Å². The number of hydrogen-bond acceptors (Lipinski definition) is 5. The lowest BCUT2D eigenvalue weighted by Crippen LogP contribution is -2.34. The van der Waals surface area contributed by atoms with Crippen molar-refractivity contribution in [1.29, 1.82) is 0 Å². The molecular weight excluding hydrogens is 426 g/mol. The summed E-state index contributed by atoms with van der Waals surface area (Å²) < 4.78 is 26.3. The number of amides is 2. The van der Waals surface area contributed by atoms with Crippen LogP contribution >= 0.6 is 11.6 Å². The molecule has 1 aromatic heterocycles. The fraction of sp³-hybridized carbons (Fsp3) is 0. The Hall–Kier alpha value is -3.49. The quantitative estimate of drug-likeness (QED) is 0.441. The lowest BCUT2D eigenvalue weighted by molar-refractivity contribution is 0.104. The van der Waals surface area contributed by atoms with Gasteiger partial charge in [-0.2, -0.15) is 0 Å². The molecule has 0 atom stereocenters. The third-order valence-corrected chi connectivity index (χ3v) is 5.49. The molecule has 0 fully saturated rings. The van der Waals surface area contributed by atoms with E-state index in [9.17, 15) is 18.0 Å². The first-order valence-electron chi connectivity index (χ1n) is 8.65. The van der Waals surface area contributed by atoms with E-state index in [-0.39, 0.29) is 10.7 Å². The van der Waals surface area contributed by atoms with Gasteiger partial charge < -0.3 is 5.32 Å². The standard InChI is InChI=1S/C21H16ClN3O4S/c22-17-6-10-19(11-7-17)30(28,29)25-21(27)24-18-8-4-16(5-9-18)20(26)12-3-15-2-1-13-23-14-15/h1-14H,(H2,24,25,27)/b12-3+. The van der Waals surface area contributed by atoms with Crippen LogP contribution in [0.2, 0.25) is 5.02 Å². The summed E-state index contributed by atoms with van der Waals surface area (Å²) in [6.45, 7) is 0. The van der Waals surface area contributed by atoms with Gasteiger partial charge in [-0.1, -0.05) is 17.7 Å². The molecule has 3 aromatic rings. The number of ketones is 1. The lowest BCUT2D eigenvalue weighted by Gasteiger charge is -2.09. The molecule has 9 heteroatoms. The van der Waals surface area contributed by atoms with Crippen LogP contribution in [0.5, 0.6) is 0 Å². The summed E-state index contributed by atoms with van der Waals surface area (Å²) >= 11 is 5.74. The summed E-state index contributed by atoms with van der Waals surface area (Å²) in [6.07, 6.45) is 6.34. The van der Waals surface area contributed by atoms with Crippen molar-refractivity contribution >= 4 is 45.2 Å². The van der Waals surface area contributed by atoms with E-state index in [1.807, 2.05) is 10.8 Å². The van der Waals surface area contributed by atoms with Gasteiger partial charge in [0.1, 0.15) is 0 Å². The second kappa shape index (κ2) is 9.34. The molecule has 0 aliphatic carbocycles. The average Bonchev–Trinajstić information content (AvgIpc) is 2.73. The number of urea groups is 1. The highest BCUT2D eigenvalue weighted by Crippen LogP contribution is 2.15. The zero-order chi connectivity index (χ0) is 21.6. The van der Waals surface area contributed by atoms with Gasteiger partial charge in [-0.3, -0.25) is 9.78 Å². The van der Waals surface area contributed by atoms with Gasteiger partial charge in [0.25, 0.3) is 10.0 Å². The van der Waals surface area contributed by atoms with Crippen LogP contribution in [0.1, 0.15) is 15.9 Å². The fourth-order valence-corrected chi connectivity index (χ4v) is 3.45. The Morgan fingerprint density at radius 1 is 0.967 bits per heavy atom. The molecule has 1 heterocycles. The fourth-order valence-electron chi connectivity index (χ4n) is 2.41. The Balaban J connectivity index is 1.61. The highest BCUT2D eigenvalue weighted by Gasteiger charge is 2.17. The number of anilines is 1. The van der Waals surface area contributed by atoms with Crippen molar-refractivity contribution in [3.05, 3.63) is 95.3 Å². The van der Waals surface area contributed by atoms with Crippen LogP contribution in [-0.4, -0.2) is 25.2 Å². The molecule has 0 unspecified atom stereocenters. The topological polar surface area (TPSA) is 105 Å². The highest BCUT2D eigenvalue weighted by molar-refractivity contribution is 7.90. The molecule has 0 radical (unpaired) electrons. The Labute approximate surface area is 178 Å². The van der Waals surface area contributed by atoms with Crippen LogP contribution in [0.3, 0.4) is 0 Å². The van der Waals surface area contributed by atoms with E-state index in [1.54, 1.807) is 24.5 Å². The van der Waals surface area contributed by atoms with Gasteiger partial charge in [-0.25, -0.2) is 17.9 Å². The molecule has 0 saturated carbocycles. The molecule has 7 nitrogen and oxygen atoms in total. The van der Waals surface area contributed by atoms with E-state index < -0.39 is 16.1 Å². The number of allylic oxidation sites excluding steroid dienone is 1. The van der Waals surface area contributed by atoms with Crippen LogP contribution in [0.4, 0.5) is 10.5 Å². The predicted molar refractivity (Wildman–Crippen MR) is 115 cm³/mol. The van der Waals surface area contributed by atoms with Crippen molar-refractivity contribution in [3.63, 3.8) is 0 Å². The molecule has 2 amide bonds. The van der Waals surface area contributed by atoms with Gasteiger partial charge in [0.15, 0.2) is 5.78 Å². The number of nitrogens with one attached hydrogen (secondary N) is 2. The molecule has 0 bridgehead atoms. The first-order valence-corrected chi connectivity index (χ1v) is 10.5. The number of rotatable bonds is 6. The van der Waals surface area contributed by atoms with Crippen molar-refractivity contribution in [2.24, 2.45) is 0 Å². The molecule has 3 rings (SSSR count). The SMILES string of the molecule is O=C(Nc1ccc(C(=O)/C=C/c2cccnc2)cc1)NS(=O)(=O)c1ccc(Cl)cc1. The third-order valence-electron chi connectivity index (χ3n) is 3.89. The average molecular weight is 442 g/mol. The van der Waals surface area contributed by atoms with Crippen LogP contribution in [0.15, 0.2) is 84.0 Å². The summed E-state index contributed by atoms with van der Waals surface area (Å²) in [7, 11) is -4.04. The van der Waals surface area contributed by atoms with Crippen LogP contribution < -0.4 is 10.0 Å². The van der Waals surface area contributed by atoms with Crippen molar-refractivity contribution in [3.8, 4) is 0 Å². The Bertz CT molecular complexity index is 1180. The van der Waals surface area contributed by atoms with Gasteiger partial charge in [0.05, 0.1) is 4.90 Å². The normalized spacial score (nSPS) is 11.2. The first kappa shape index (κ1) is 21.2. The Morgan fingerprint density at radius 3 is 2.30 bits per heavy atom. The molecule has 0 saturated heterocycles. The van der Waals surface area contributed by atoms with Crippen molar-refractivity contribution in [1.82, 2.24) is 9.71 Å². The molecule has 0 aliphatic heterocycles. The molecular formula is C21H16ClN3O4S. The molecule has 0 spiro atoms. The number of hydrogen-bond donors (Lipinski definition) is 2. The molecule has 2 aromatic carbocycles. The zero-order valence-corrected chi connectivity index (χ0v) is 17.0. The van der Waals surface area contributed by atoms with Crippen LogP contribution in [0, 0.1) is 0 Å². The number of carbonyl (C=O) groups excluding carboxylic acids is 2. The minimum Gasteiger partial charge on any atom is -0.307 e. The largest absolute Gasteiger partial charge is 0.333 e. The number of aromatic nitrogens is 1. The monoisotopic (exact) mass is 441 g/mol. The van der Waals surface area contributed by atoms with E-state index in [0.29, 0.717) is 16.3 Å². The number of nitrogens with zero attached hydrogens (tertiary/aromatic N) is 1. The van der Waals surface area contributed by atoms with Gasteiger partial charge in [0.2, 0.25) is 0 Å². The summed E-state index contributed by atoms with van der Waals surface area (Å²) in [6, 6.07) is 14.1.